The molecule has 1 N–H and O–H groups in total. The molecule has 0 bridgehead atoms. The zero-order valence-corrected chi connectivity index (χ0v) is 14.9. The van der Waals surface area contributed by atoms with E-state index in [2.05, 4.69) is 22.0 Å². The third-order valence-corrected chi connectivity index (χ3v) is 5.68. The van der Waals surface area contributed by atoms with Crippen LogP contribution >= 0.6 is 0 Å². The molecule has 1 aliphatic carbocycles. The number of carbonyl (C=O) groups excluding carboxylic acids is 1. The summed E-state index contributed by atoms with van der Waals surface area (Å²) in [5.74, 6) is 2.06. The molecule has 3 aromatic rings. The lowest BCUT2D eigenvalue weighted by molar-refractivity contribution is 0.0620. The largest absolute Gasteiger partial charge is 0.361 e. The molecule has 1 unspecified atom stereocenters. The Kier molecular flexibility index (Phi) is 3.42. The number of rotatable bonds is 3. The monoisotopic (exact) mass is 350 g/mol. The third kappa shape index (κ3) is 2.60. The molecule has 26 heavy (non-hydrogen) atoms. The predicted octanol–water partition coefficient (Wildman–Crippen LogP) is 3.62. The van der Waals surface area contributed by atoms with Crippen molar-refractivity contribution in [3.8, 4) is 0 Å². The smallest absolute Gasteiger partial charge is 0.253 e. The second-order valence-electron chi connectivity index (χ2n) is 7.90. The number of aromatic nitrogens is 3. The molecular formula is C20H22N4O2. The molecule has 3 heterocycles. The fourth-order valence-corrected chi connectivity index (χ4v) is 3.94. The SMILES string of the molecule is CC1(c2nc(C3CC3)no2)CCCN(C(=O)c2ccc3[nH]ccc3c2)C1. The zero-order valence-electron chi connectivity index (χ0n) is 14.9. The Balaban J connectivity index is 1.39. The summed E-state index contributed by atoms with van der Waals surface area (Å²) in [5.41, 5.74) is 1.50. The Hall–Kier alpha value is -2.63. The van der Waals surface area contributed by atoms with E-state index in [-0.39, 0.29) is 11.3 Å². The van der Waals surface area contributed by atoms with E-state index in [1.165, 1.54) is 0 Å². The van der Waals surface area contributed by atoms with E-state index < -0.39 is 0 Å². The van der Waals surface area contributed by atoms with Crippen molar-refractivity contribution in [1.82, 2.24) is 20.0 Å². The van der Waals surface area contributed by atoms with Gasteiger partial charge in [0.2, 0.25) is 5.89 Å². The number of fused-ring (bicyclic) bond motifs is 1. The molecule has 1 saturated carbocycles. The molecule has 1 aromatic carbocycles. The fourth-order valence-electron chi connectivity index (χ4n) is 3.94. The lowest BCUT2D eigenvalue weighted by atomic mass is 9.81. The summed E-state index contributed by atoms with van der Waals surface area (Å²) in [6.07, 6.45) is 6.10. The second kappa shape index (κ2) is 5.69. The Morgan fingerprint density at radius 1 is 1.35 bits per heavy atom. The number of benzene rings is 1. The Bertz CT molecular complexity index is 971. The maximum Gasteiger partial charge on any atom is 0.253 e. The van der Waals surface area contributed by atoms with Crippen molar-refractivity contribution in [2.24, 2.45) is 0 Å². The van der Waals surface area contributed by atoms with Crippen molar-refractivity contribution in [2.75, 3.05) is 13.1 Å². The summed E-state index contributed by atoms with van der Waals surface area (Å²) in [7, 11) is 0. The third-order valence-electron chi connectivity index (χ3n) is 5.68. The molecule has 2 aromatic heterocycles. The van der Waals surface area contributed by atoms with Crippen molar-refractivity contribution >= 4 is 16.8 Å². The maximum absolute atomic E-state index is 13.1. The highest BCUT2D eigenvalue weighted by atomic mass is 16.5. The second-order valence-corrected chi connectivity index (χ2v) is 7.90. The first-order chi connectivity index (χ1) is 12.6. The molecule has 1 amide bonds. The Labute approximate surface area is 151 Å². The van der Waals surface area contributed by atoms with Crippen molar-refractivity contribution in [2.45, 2.75) is 43.9 Å². The molecular weight excluding hydrogens is 328 g/mol. The highest BCUT2D eigenvalue weighted by Crippen LogP contribution is 2.40. The van der Waals surface area contributed by atoms with Gasteiger partial charge in [-0.05, 0) is 56.9 Å². The number of likely N-dealkylation sites (tertiary alicyclic amines) is 1. The van der Waals surface area contributed by atoms with Gasteiger partial charge in [0.25, 0.3) is 5.91 Å². The molecule has 1 atom stereocenters. The average molecular weight is 350 g/mol. The summed E-state index contributed by atoms with van der Waals surface area (Å²) < 4.78 is 5.59. The van der Waals surface area contributed by atoms with Crippen LogP contribution in [0, 0.1) is 0 Å². The van der Waals surface area contributed by atoms with Crippen LogP contribution < -0.4 is 0 Å². The Morgan fingerprint density at radius 3 is 3.08 bits per heavy atom. The van der Waals surface area contributed by atoms with E-state index in [1.54, 1.807) is 0 Å². The summed E-state index contributed by atoms with van der Waals surface area (Å²) >= 11 is 0. The van der Waals surface area contributed by atoms with Gasteiger partial charge in [-0.2, -0.15) is 4.98 Å². The van der Waals surface area contributed by atoms with Crippen molar-refractivity contribution in [3.05, 3.63) is 47.7 Å². The number of amides is 1. The number of aromatic amines is 1. The number of hydrogen-bond acceptors (Lipinski definition) is 4. The first-order valence-electron chi connectivity index (χ1n) is 9.33. The summed E-state index contributed by atoms with van der Waals surface area (Å²) in [6, 6.07) is 7.80. The normalized spacial score (nSPS) is 23.5. The topological polar surface area (TPSA) is 75.0 Å². The van der Waals surface area contributed by atoms with Gasteiger partial charge in [-0.1, -0.05) is 5.16 Å². The summed E-state index contributed by atoms with van der Waals surface area (Å²) in [6.45, 7) is 3.51. The van der Waals surface area contributed by atoms with Gasteiger partial charge < -0.3 is 14.4 Å². The minimum atomic E-state index is -0.272. The molecule has 5 rings (SSSR count). The number of carbonyl (C=O) groups is 1. The number of nitrogens with zero attached hydrogens (tertiary/aromatic N) is 3. The zero-order chi connectivity index (χ0) is 17.7. The van der Waals surface area contributed by atoms with E-state index in [0.29, 0.717) is 18.4 Å². The fraction of sp³-hybridized carbons (Fsp3) is 0.450. The van der Waals surface area contributed by atoms with Gasteiger partial charge in [0.1, 0.15) is 0 Å². The molecule has 134 valence electrons. The van der Waals surface area contributed by atoms with Crippen LogP contribution in [-0.4, -0.2) is 39.0 Å². The standard InChI is InChI=1S/C20H22N4O2/c1-20(19-22-17(23-26-19)13-3-4-13)8-2-10-24(12-20)18(25)15-5-6-16-14(11-15)7-9-21-16/h5-7,9,11,13,21H,2-4,8,10,12H2,1H3. The van der Waals surface area contributed by atoms with E-state index in [9.17, 15) is 4.79 Å². The molecule has 1 aliphatic heterocycles. The van der Waals surface area contributed by atoms with Crippen LogP contribution in [0.25, 0.3) is 10.9 Å². The molecule has 6 heteroatoms. The van der Waals surface area contributed by atoms with Gasteiger partial charge in [0.05, 0.1) is 5.41 Å². The molecule has 2 fully saturated rings. The molecule has 0 spiro atoms. The predicted molar refractivity (Wildman–Crippen MR) is 97.1 cm³/mol. The van der Waals surface area contributed by atoms with E-state index in [1.807, 2.05) is 35.4 Å². The minimum Gasteiger partial charge on any atom is -0.361 e. The number of nitrogens with one attached hydrogen (secondary N) is 1. The van der Waals surface area contributed by atoms with Crippen LogP contribution in [-0.2, 0) is 5.41 Å². The van der Waals surface area contributed by atoms with Gasteiger partial charge >= 0.3 is 0 Å². The van der Waals surface area contributed by atoms with Gasteiger partial charge in [0, 0.05) is 41.7 Å². The Morgan fingerprint density at radius 2 is 2.23 bits per heavy atom. The molecule has 2 aliphatic rings. The minimum absolute atomic E-state index is 0.0703. The van der Waals surface area contributed by atoms with Crippen LogP contribution in [0.1, 0.15) is 60.6 Å². The summed E-state index contributed by atoms with van der Waals surface area (Å²) in [5, 5.41) is 5.22. The van der Waals surface area contributed by atoms with Crippen molar-refractivity contribution in [1.29, 1.82) is 0 Å². The van der Waals surface area contributed by atoms with E-state index >= 15 is 0 Å². The maximum atomic E-state index is 13.1. The van der Waals surface area contributed by atoms with Gasteiger partial charge in [-0.3, -0.25) is 4.79 Å². The number of piperidine rings is 1. The van der Waals surface area contributed by atoms with Gasteiger partial charge in [-0.15, -0.1) is 0 Å². The molecule has 1 saturated heterocycles. The average Bonchev–Trinajstić information content (AvgIpc) is 3.19. The highest BCUT2D eigenvalue weighted by Gasteiger charge is 2.40. The quantitative estimate of drug-likeness (QED) is 0.783. The number of hydrogen-bond donors (Lipinski definition) is 1. The first kappa shape index (κ1) is 15.6. The van der Waals surface area contributed by atoms with Crippen LogP contribution in [0.2, 0.25) is 0 Å². The lowest BCUT2D eigenvalue weighted by Gasteiger charge is -2.38. The highest BCUT2D eigenvalue weighted by molar-refractivity contribution is 5.98. The van der Waals surface area contributed by atoms with Gasteiger partial charge in [-0.25, -0.2) is 0 Å². The number of H-pyrrole nitrogens is 1. The van der Waals surface area contributed by atoms with E-state index in [4.69, 9.17) is 4.52 Å². The van der Waals surface area contributed by atoms with Crippen LogP contribution in [0.3, 0.4) is 0 Å². The van der Waals surface area contributed by atoms with E-state index in [0.717, 1.165) is 54.5 Å². The van der Waals surface area contributed by atoms with Gasteiger partial charge in [0.15, 0.2) is 5.82 Å². The molecule has 0 radical (unpaired) electrons. The van der Waals surface area contributed by atoms with Crippen molar-refractivity contribution < 1.29 is 9.32 Å². The molecule has 6 nitrogen and oxygen atoms in total. The van der Waals surface area contributed by atoms with Crippen LogP contribution in [0.15, 0.2) is 35.0 Å². The van der Waals surface area contributed by atoms with Crippen molar-refractivity contribution in [3.63, 3.8) is 0 Å². The first-order valence-corrected chi connectivity index (χ1v) is 9.33. The van der Waals surface area contributed by atoms with Crippen LogP contribution in [0.4, 0.5) is 0 Å². The van der Waals surface area contributed by atoms with Crippen LogP contribution in [0.5, 0.6) is 0 Å². The summed E-state index contributed by atoms with van der Waals surface area (Å²) in [4.78, 5) is 22.8. The lowest BCUT2D eigenvalue weighted by Crippen LogP contribution is -2.47.